The molecule has 0 unspecified atom stereocenters. The Morgan fingerprint density at radius 2 is 2.17 bits per heavy atom. The zero-order valence-electron chi connectivity index (χ0n) is 12.9. The Bertz CT molecular complexity index is 718. The summed E-state index contributed by atoms with van der Waals surface area (Å²) in [5.74, 6) is 1.26. The van der Waals surface area contributed by atoms with Crippen molar-refractivity contribution in [3.05, 3.63) is 42.5 Å². The molecule has 0 radical (unpaired) electrons. The Morgan fingerprint density at radius 3 is 3.00 bits per heavy atom. The van der Waals surface area contributed by atoms with E-state index in [2.05, 4.69) is 5.32 Å². The summed E-state index contributed by atoms with van der Waals surface area (Å²) in [4.78, 5) is 14.3. The van der Waals surface area contributed by atoms with Gasteiger partial charge in [0.05, 0.1) is 31.6 Å². The molecule has 6 heteroatoms. The average molecular weight is 313 g/mol. The Kier molecular flexibility index (Phi) is 4.23. The number of nitrogens with two attached hydrogens (primary N) is 1. The van der Waals surface area contributed by atoms with Crippen molar-refractivity contribution in [3.8, 4) is 11.5 Å². The van der Waals surface area contributed by atoms with Crippen LogP contribution in [0.3, 0.4) is 0 Å². The van der Waals surface area contributed by atoms with E-state index in [0.29, 0.717) is 30.3 Å². The fourth-order valence-corrected chi connectivity index (χ4v) is 2.57. The smallest absolute Gasteiger partial charge is 0.243 e. The molecular formula is C17H19N3O3. The molecule has 0 bridgehead atoms. The van der Waals surface area contributed by atoms with Gasteiger partial charge in [-0.2, -0.15) is 0 Å². The van der Waals surface area contributed by atoms with Crippen LogP contribution in [0.1, 0.15) is 0 Å². The van der Waals surface area contributed by atoms with Crippen LogP contribution in [-0.4, -0.2) is 32.7 Å². The lowest BCUT2D eigenvalue weighted by Gasteiger charge is -2.30. The third-order valence-corrected chi connectivity index (χ3v) is 3.66. The summed E-state index contributed by atoms with van der Waals surface area (Å²) in [6.07, 6.45) is 0. The Hall–Kier alpha value is -2.89. The number of hydrogen-bond acceptors (Lipinski definition) is 5. The molecule has 0 atom stereocenters. The molecule has 3 N–H and O–H groups in total. The van der Waals surface area contributed by atoms with Crippen molar-refractivity contribution in [3.63, 3.8) is 0 Å². The highest BCUT2D eigenvalue weighted by Gasteiger charge is 2.21. The zero-order chi connectivity index (χ0) is 16.2. The summed E-state index contributed by atoms with van der Waals surface area (Å²) in [6, 6.07) is 12.8. The highest BCUT2D eigenvalue weighted by molar-refractivity contribution is 5.95. The number of ether oxygens (including phenoxy) is 2. The van der Waals surface area contributed by atoms with Gasteiger partial charge in [0.1, 0.15) is 18.1 Å². The van der Waals surface area contributed by atoms with Gasteiger partial charge in [0.2, 0.25) is 5.91 Å². The molecule has 120 valence electrons. The number of hydrogen-bond donors (Lipinski definition) is 2. The van der Waals surface area contributed by atoms with Crippen LogP contribution in [0.25, 0.3) is 0 Å². The molecule has 2 aromatic carbocycles. The van der Waals surface area contributed by atoms with Crippen LogP contribution in [0.4, 0.5) is 17.1 Å². The summed E-state index contributed by atoms with van der Waals surface area (Å²) >= 11 is 0. The second-order valence-corrected chi connectivity index (χ2v) is 5.25. The van der Waals surface area contributed by atoms with E-state index in [1.807, 2.05) is 35.2 Å². The molecule has 3 rings (SSSR count). The molecule has 23 heavy (non-hydrogen) atoms. The molecule has 1 amide bonds. The summed E-state index contributed by atoms with van der Waals surface area (Å²) in [7, 11) is 1.58. The van der Waals surface area contributed by atoms with Gasteiger partial charge < -0.3 is 25.4 Å². The van der Waals surface area contributed by atoms with Crippen LogP contribution < -0.4 is 25.4 Å². The Morgan fingerprint density at radius 1 is 1.35 bits per heavy atom. The van der Waals surface area contributed by atoms with E-state index in [0.717, 1.165) is 11.4 Å². The molecule has 0 fully saturated rings. The number of benzene rings is 2. The zero-order valence-corrected chi connectivity index (χ0v) is 12.9. The van der Waals surface area contributed by atoms with Gasteiger partial charge in [0.25, 0.3) is 0 Å². The summed E-state index contributed by atoms with van der Waals surface area (Å²) in [5.41, 5.74) is 7.97. The minimum atomic E-state index is -0.121. The van der Waals surface area contributed by atoms with E-state index in [4.69, 9.17) is 15.2 Å². The molecular weight excluding hydrogens is 294 g/mol. The number of fused-ring (bicyclic) bond motifs is 1. The highest BCUT2D eigenvalue weighted by atomic mass is 16.5. The number of nitrogens with zero attached hydrogens (tertiary/aromatic N) is 1. The van der Waals surface area contributed by atoms with Crippen molar-refractivity contribution >= 4 is 23.0 Å². The third-order valence-electron chi connectivity index (χ3n) is 3.66. The number of anilines is 3. The standard InChI is InChI=1S/C17H19N3O3/c1-22-15-5-3-2-4-13(15)19-17(21)11-20-8-9-23-16-7-6-12(18)10-14(16)20/h2-7,10H,8-9,11,18H2,1H3,(H,19,21). The summed E-state index contributed by atoms with van der Waals surface area (Å²) in [6.45, 7) is 1.40. The number of carbonyl (C=O) groups is 1. The quantitative estimate of drug-likeness (QED) is 0.846. The molecule has 2 aromatic rings. The maximum absolute atomic E-state index is 12.4. The minimum absolute atomic E-state index is 0.121. The maximum atomic E-state index is 12.4. The van der Waals surface area contributed by atoms with Gasteiger partial charge in [0.15, 0.2) is 0 Å². The van der Waals surface area contributed by atoms with Crippen molar-refractivity contribution in [1.82, 2.24) is 0 Å². The Labute approximate surface area is 134 Å². The molecule has 1 heterocycles. The monoisotopic (exact) mass is 313 g/mol. The first-order chi connectivity index (χ1) is 11.2. The second kappa shape index (κ2) is 6.48. The van der Waals surface area contributed by atoms with E-state index >= 15 is 0 Å². The van der Waals surface area contributed by atoms with E-state index in [1.165, 1.54) is 0 Å². The first-order valence-electron chi connectivity index (χ1n) is 7.37. The highest BCUT2D eigenvalue weighted by Crippen LogP contribution is 2.33. The minimum Gasteiger partial charge on any atom is -0.495 e. The van der Waals surface area contributed by atoms with Gasteiger partial charge in [-0.25, -0.2) is 0 Å². The predicted octanol–water partition coefficient (Wildman–Crippen LogP) is 2.11. The van der Waals surface area contributed by atoms with Crippen molar-refractivity contribution in [2.24, 2.45) is 0 Å². The third kappa shape index (κ3) is 3.31. The van der Waals surface area contributed by atoms with Gasteiger partial charge in [-0.1, -0.05) is 12.1 Å². The van der Waals surface area contributed by atoms with Gasteiger partial charge in [-0.15, -0.1) is 0 Å². The number of para-hydroxylation sites is 2. The van der Waals surface area contributed by atoms with E-state index in [-0.39, 0.29) is 12.5 Å². The number of nitrogens with one attached hydrogen (secondary N) is 1. The van der Waals surface area contributed by atoms with Crippen LogP contribution in [0.15, 0.2) is 42.5 Å². The SMILES string of the molecule is COc1ccccc1NC(=O)CN1CCOc2ccc(N)cc21. The van der Waals surface area contributed by atoms with Crippen LogP contribution in [0.5, 0.6) is 11.5 Å². The molecule has 0 saturated heterocycles. The van der Waals surface area contributed by atoms with Crippen LogP contribution in [0.2, 0.25) is 0 Å². The number of methoxy groups -OCH3 is 1. The molecule has 1 aliphatic rings. The normalized spacial score (nSPS) is 13.0. The lowest BCUT2D eigenvalue weighted by molar-refractivity contribution is -0.115. The predicted molar refractivity (Wildman–Crippen MR) is 90.2 cm³/mol. The lowest BCUT2D eigenvalue weighted by atomic mass is 10.2. The lowest BCUT2D eigenvalue weighted by Crippen LogP contribution is -2.38. The van der Waals surface area contributed by atoms with E-state index in [1.54, 1.807) is 19.2 Å². The number of rotatable bonds is 4. The van der Waals surface area contributed by atoms with E-state index < -0.39 is 0 Å². The molecule has 0 saturated carbocycles. The van der Waals surface area contributed by atoms with Gasteiger partial charge in [0, 0.05) is 5.69 Å². The number of amides is 1. The fourth-order valence-electron chi connectivity index (χ4n) is 2.57. The first-order valence-corrected chi connectivity index (χ1v) is 7.37. The van der Waals surface area contributed by atoms with Crippen LogP contribution in [0, 0.1) is 0 Å². The number of nitrogen functional groups attached to an aromatic ring is 1. The van der Waals surface area contributed by atoms with Gasteiger partial charge >= 0.3 is 0 Å². The first kappa shape index (κ1) is 15.0. The fraction of sp³-hybridized carbons (Fsp3) is 0.235. The average Bonchev–Trinajstić information content (AvgIpc) is 2.56. The van der Waals surface area contributed by atoms with Crippen molar-refractivity contribution < 1.29 is 14.3 Å². The topological polar surface area (TPSA) is 76.8 Å². The molecule has 1 aliphatic heterocycles. The van der Waals surface area contributed by atoms with Crippen LogP contribution >= 0.6 is 0 Å². The summed E-state index contributed by atoms with van der Waals surface area (Å²) in [5, 5.41) is 2.88. The van der Waals surface area contributed by atoms with Crippen LogP contribution in [-0.2, 0) is 4.79 Å². The molecule has 6 nitrogen and oxygen atoms in total. The van der Waals surface area contributed by atoms with E-state index in [9.17, 15) is 4.79 Å². The van der Waals surface area contributed by atoms with Gasteiger partial charge in [-0.05, 0) is 30.3 Å². The van der Waals surface area contributed by atoms with Crippen molar-refractivity contribution in [2.75, 3.05) is 42.8 Å². The summed E-state index contributed by atoms with van der Waals surface area (Å²) < 4.78 is 10.8. The van der Waals surface area contributed by atoms with Crippen molar-refractivity contribution in [1.29, 1.82) is 0 Å². The number of carbonyl (C=O) groups excluding carboxylic acids is 1. The largest absolute Gasteiger partial charge is 0.495 e. The molecule has 0 spiro atoms. The maximum Gasteiger partial charge on any atom is 0.243 e. The Balaban J connectivity index is 1.73. The second-order valence-electron chi connectivity index (χ2n) is 5.25. The van der Waals surface area contributed by atoms with Gasteiger partial charge in [-0.3, -0.25) is 4.79 Å². The molecule has 0 aromatic heterocycles. The van der Waals surface area contributed by atoms with Crippen molar-refractivity contribution in [2.45, 2.75) is 0 Å². The molecule has 0 aliphatic carbocycles.